The van der Waals surface area contributed by atoms with Gasteiger partial charge in [-0.1, -0.05) is 12.1 Å². The van der Waals surface area contributed by atoms with Gasteiger partial charge in [-0.2, -0.15) is 0 Å². The van der Waals surface area contributed by atoms with E-state index in [-0.39, 0.29) is 23.7 Å². The Balaban J connectivity index is 1.84. The average Bonchev–Trinajstić information content (AvgIpc) is 3.39. The molecule has 1 aliphatic carbocycles. The zero-order valence-electron chi connectivity index (χ0n) is 14.9. The number of nitrogens with one attached hydrogen (secondary N) is 2. The Morgan fingerprint density at radius 2 is 1.84 bits per heavy atom. The van der Waals surface area contributed by atoms with Crippen molar-refractivity contribution < 1.29 is 19.1 Å². The normalized spacial score (nSPS) is 18.6. The summed E-state index contributed by atoms with van der Waals surface area (Å²) in [6.45, 7) is 1.51. The monoisotopic (exact) mass is 347 g/mol. The third-order valence-electron chi connectivity index (χ3n) is 4.14. The van der Waals surface area contributed by atoms with Crippen molar-refractivity contribution in [2.45, 2.75) is 12.8 Å². The molecule has 136 valence electrons. The molecule has 1 aromatic carbocycles. The van der Waals surface area contributed by atoms with Crippen LogP contribution in [0.2, 0.25) is 0 Å². The fourth-order valence-corrected chi connectivity index (χ4v) is 2.62. The molecule has 2 atom stereocenters. The molecule has 25 heavy (non-hydrogen) atoms. The molecule has 1 aliphatic rings. The molecule has 7 nitrogen and oxygen atoms in total. The lowest BCUT2D eigenvalue weighted by molar-refractivity contribution is -0.125. The van der Waals surface area contributed by atoms with Gasteiger partial charge in [-0.05, 0) is 45.6 Å². The van der Waals surface area contributed by atoms with E-state index in [0.29, 0.717) is 24.2 Å². The molecule has 2 N–H and O–H groups in total. The van der Waals surface area contributed by atoms with Gasteiger partial charge >= 0.3 is 5.97 Å². The van der Waals surface area contributed by atoms with Crippen molar-refractivity contribution >= 4 is 23.5 Å². The second-order valence-electron chi connectivity index (χ2n) is 6.42. The lowest BCUT2D eigenvalue weighted by atomic mass is 10.1. The Morgan fingerprint density at radius 3 is 2.52 bits per heavy atom. The highest BCUT2D eigenvalue weighted by Gasteiger charge is 2.48. The van der Waals surface area contributed by atoms with Crippen LogP contribution in [0.25, 0.3) is 0 Å². The molecule has 2 rings (SSSR count). The standard InChI is InChI=1S/C18H25N3O4/c1-21(2)10-6-9-19-16(22)13-11-14(13)17(23)20-15-8-5-4-7-12(15)18(24)25-3/h4-5,7-8,13-14H,6,9-11H2,1-3H3,(H,19,22)(H,20,23). The lowest BCUT2D eigenvalue weighted by Crippen LogP contribution is -2.30. The van der Waals surface area contributed by atoms with Gasteiger partial charge in [0.2, 0.25) is 11.8 Å². The number of hydrogen-bond acceptors (Lipinski definition) is 5. The first-order valence-corrected chi connectivity index (χ1v) is 8.34. The van der Waals surface area contributed by atoms with Gasteiger partial charge in [0.15, 0.2) is 0 Å². The van der Waals surface area contributed by atoms with Crippen LogP contribution in [0, 0.1) is 11.8 Å². The van der Waals surface area contributed by atoms with E-state index in [4.69, 9.17) is 4.74 Å². The number of carbonyl (C=O) groups is 3. The summed E-state index contributed by atoms with van der Waals surface area (Å²) in [4.78, 5) is 38.2. The maximum atomic E-state index is 12.3. The molecule has 7 heteroatoms. The van der Waals surface area contributed by atoms with E-state index < -0.39 is 5.97 Å². The maximum absolute atomic E-state index is 12.3. The van der Waals surface area contributed by atoms with Crippen LogP contribution in [-0.2, 0) is 14.3 Å². The molecule has 0 radical (unpaired) electrons. The van der Waals surface area contributed by atoms with Gasteiger partial charge in [0.25, 0.3) is 0 Å². The van der Waals surface area contributed by atoms with Crippen LogP contribution in [0.1, 0.15) is 23.2 Å². The number of esters is 1. The molecule has 0 saturated heterocycles. The minimum absolute atomic E-state index is 0.0832. The van der Waals surface area contributed by atoms with E-state index in [9.17, 15) is 14.4 Å². The second kappa shape index (κ2) is 8.62. The first kappa shape index (κ1) is 18.9. The quantitative estimate of drug-likeness (QED) is 0.543. The van der Waals surface area contributed by atoms with E-state index in [1.54, 1.807) is 24.3 Å². The number of hydrogen-bond donors (Lipinski definition) is 2. The fourth-order valence-electron chi connectivity index (χ4n) is 2.62. The highest BCUT2D eigenvalue weighted by Crippen LogP contribution is 2.39. The number of benzene rings is 1. The van der Waals surface area contributed by atoms with Crippen molar-refractivity contribution in [2.75, 3.05) is 39.6 Å². The Kier molecular flexibility index (Phi) is 6.52. The maximum Gasteiger partial charge on any atom is 0.339 e. The lowest BCUT2D eigenvalue weighted by Gasteiger charge is -2.10. The number of amides is 2. The second-order valence-corrected chi connectivity index (χ2v) is 6.42. The first-order chi connectivity index (χ1) is 11.9. The number of methoxy groups -OCH3 is 1. The zero-order valence-corrected chi connectivity index (χ0v) is 14.9. The SMILES string of the molecule is COC(=O)c1ccccc1NC(=O)C1CC1C(=O)NCCCN(C)C. The smallest absolute Gasteiger partial charge is 0.339 e. The number of ether oxygens (including phenoxy) is 1. The Bertz CT molecular complexity index is 645. The summed E-state index contributed by atoms with van der Waals surface area (Å²) in [6, 6.07) is 6.65. The first-order valence-electron chi connectivity index (χ1n) is 8.34. The Hall–Kier alpha value is -2.41. The van der Waals surface area contributed by atoms with Crippen LogP contribution in [0.3, 0.4) is 0 Å². The molecule has 0 heterocycles. The predicted octanol–water partition coefficient (Wildman–Crippen LogP) is 1.12. The average molecular weight is 347 g/mol. The topological polar surface area (TPSA) is 87.7 Å². The van der Waals surface area contributed by atoms with E-state index in [2.05, 4.69) is 15.5 Å². The summed E-state index contributed by atoms with van der Waals surface area (Å²) in [5.74, 6) is -1.48. The third-order valence-corrected chi connectivity index (χ3v) is 4.14. The molecular formula is C18H25N3O4. The van der Waals surface area contributed by atoms with Crippen molar-refractivity contribution in [1.29, 1.82) is 0 Å². The van der Waals surface area contributed by atoms with E-state index >= 15 is 0 Å². The van der Waals surface area contributed by atoms with Gasteiger partial charge < -0.3 is 20.3 Å². The molecule has 2 unspecified atom stereocenters. The number of carbonyl (C=O) groups excluding carboxylic acids is 3. The Labute approximate surface area is 147 Å². The Morgan fingerprint density at radius 1 is 1.16 bits per heavy atom. The van der Waals surface area contributed by atoms with Crippen LogP contribution < -0.4 is 10.6 Å². The number of rotatable bonds is 8. The van der Waals surface area contributed by atoms with E-state index in [1.165, 1.54) is 7.11 Å². The summed E-state index contributed by atoms with van der Waals surface area (Å²) in [7, 11) is 5.25. The summed E-state index contributed by atoms with van der Waals surface area (Å²) in [5, 5.41) is 5.60. The van der Waals surface area contributed by atoms with Crippen molar-refractivity contribution in [3.63, 3.8) is 0 Å². The largest absolute Gasteiger partial charge is 0.465 e. The van der Waals surface area contributed by atoms with Gasteiger partial charge in [-0.25, -0.2) is 4.79 Å². The third kappa shape index (κ3) is 5.29. The van der Waals surface area contributed by atoms with Gasteiger partial charge in [0, 0.05) is 6.54 Å². The molecule has 0 aromatic heterocycles. The summed E-state index contributed by atoms with van der Waals surface area (Å²) >= 11 is 0. The van der Waals surface area contributed by atoms with Gasteiger partial charge in [0.05, 0.1) is 30.2 Å². The predicted molar refractivity (Wildman–Crippen MR) is 94.2 cm³/mol. The van der Waals surface area contributed by atoms with Gasteiger partial charge in [-0.15, -0.1) is 0 Å². The number of para-hydroxylation sites is 1. The highest BCUT2D eigenvalue weighted by atomic mass is 16.5. The van der Waals surface area contributed by atoms with E-state index in [0.717, 1.165) is 13.0 Å². The van der Waals surface area contributed by atoms with Crippen LogP contribution in [-0.4, -0.2) is 57.0 Å². The van der Waals surface area contributed by atoms with E-state index in [1.807, 2.05) is 14.1 Å². The van der Waals surface area contributed by atoms with Crippen LogP contribution in [0.4, 0.5) is 5.69 Å². The fraction of sp³-hybridized carbons (Fsp3) is 0.500. The van der Waals surface area contributed by atoms with Crippen LogP contribution in [0.5, 0.6) is 0 Å². The summed E-state index contributed by atoms with van der Waals surface area (Å²) in [6.07, 6.45) is 1.40. The van der Waals surface area contributed by atoms with Crippen molar-refractivity contribution in [3.8, 4) is 0 Å². The molecule has 0 spiro atoms. The molecule has 2 amide bonds. The summed E-state index contributed by atoms with van der Waals surface area (Å²) < 4.78 is 4.71. The zero-order chi connectivity index (χ0) is 18.4. The van der Waals surface area contributed by atoms with Crippen LogP contribution in [0.15, 0.2) is 24.3 Å². The van der Waals surface area contributed by atoms with Gasteiger partial charge in [0.1, 0.15) is 0 Å². The molecule has 1 saturated carbocycles. The minimum atomic E-state index is -0.512. The molecule has 1 aromatic rings. The number of nitrogens with zero attached hydrogens (tertiary/aromatic N) is 1. The number of anilines is 1. The molecule has 1 fully saturated rings. The summed E-state index contributed by atoms with van der Waals surface area (Å²) in [5.41, 5.74) is 0.695. The van der Waals surface area contributed by atoms with Crippen molar-refractivity contribution in [2.24, 2.45) is 11.8 Å². The van der Waals surface area contributed by atoms with Crippen LogP contribution >= 0.6 is 0 Å². The minimum Gasteiger partial charge on any atom is -0.465 e. The van der Waals surface area contributed by atoms with Crippen molar-refractivity contribution in [3.05, 3.63) is 29.8 Å². The molecule has 0 bridgehead atoms. The highest BCUT2D eigenvalue weighted by molar-refractivity contribution is 6.04. The molecular weight excluding hydrogens is 322 g/mol. The van der Waals surface area contributed by atoms with Gasteiger partial charge in [-0.3, -0.25) is 9.59 Å². The van der Waals surface area contributed by atoms with Crippen molar-refractivity contribution in [1.82, 2.24) is 10.2 Å². The molecule has 0 aliphatic heterocycles.